The highest BCUT2D eigenvalue weighted by atomic mass is 16.5. The number of aryl methyl sites for hydroxylation is 2. The van der Waals surface area contributed by atoms with E-state index in [0.717, 1.165) is 40.2 Å². The van der Waals surface area contributed by atoms with Crippen LogP contribution >= 0.6 is 0 Å². The topological polar surface area (TPSA) is 104 Å². The van der Waals surface area contributed by atoms with E-state index >= 15 is 0 Å². The molecule has 0 amide bonds. The smallest absolute Gasteiger partial charge is 0.223 e. The largest absolute Gasteiger partial charge is 0.477 e. The molecule has 1 N–H and O–H groups in total. The number of nitrogens with zero attached hydrogens (tertiary/aromatic N) is 6. The number of fused-ring (bicyclic) bond motifs is 1. The molecule has 31 heavy (non-hydrogen) atoms. The van der Waals surface area contributed by atoms with Crippen molar-refractivity contribution < 1.29 is 9.26 Å². The van der Waals surface area contributed by atoms with Crippen molar-refractivity contribution in [1.82, 2.24) is 29.9 Å². The number of hydrogen-bond acceptors (Lipinski definition) is 8. The quantitative estimate of drug-likeness (QED) is 0.452. The average Bonchev–Trinajstić information content (AvgIpc) is 3.29. The van der Waals surface area contributed by atoms with Gasteiger partial charge in [-0.3, -0.25) is 4.68 Å². The van der Waals surface area contributed by atoms with E-state index in [4.69, 9.17) is 19.3 Å². The molecular formula is C22H27N7O2. The van der Waals surface area contributed by atoms with Crippen LogP contribution in [0.3, 0.4) is 0 Å². The lowest BCUT2D eigenvalue weighted by atomic mass is 10.1. The third kappa shape index (κ3) is 4.35. The highest BCUT2D eigenvalue weighted by Crippen LogP contribution is 2.34. The molecule has 9 heteroatoms. The van der Waals surface area contributed by atoms with E-state index in [1.165, 1.54) is 0 Å². The molecule has 4 aromatic rings. The summed E-state index contributed by atoms with van der Waals surface area (Å²) >= 11 is 0. The Morgan fingerprint density at radius 3 is 2.77 bits per heavy atom. The number of pyridine rings is 2. The van der Waals surface area contributed by atoms with Gasteiger partial charge in [0.2, 0.25) is 11.8 Å². The minimum Gasteiger partial charge on any atom is -0.477 e. The Morgan fingerprint density at radius 1 is 1.23 bits per heavy atom. The number of anilines is 1. The molecule has 0 fully saturated rings. The molecule has 0 radical (unpaired) electrons. The van der Waals surface area contributed by atoms with Gasteiger partial charge in [-0.25, -0.2) is 9.97 Å². The summed E-state index contributed by atoms with van der Waals surface area (Å²) in [5.74, 6) is 2.13. The number of hydrogen-bond donors (Lipinski definition) is 1. The number of rotatable bonds is 8. The van der Waals surface area contributed by atoms with Gasteiger partial charge in [0.15, 0.2) is 5.82 Å². The van der Waals surface area contributed by atoms with Crippen molar-refractivity contribution in [3.05, 3.63) is 41.8 Å². The van der Waals surface area contributed by atoms with E-state index in [-0.39, 0.29) is 0 Å². The monoisotopic (exact) mass is 421 g/mol. The number of ether oxygens (including phenoxy) is 1. The fraction of sp³-hybridized carbons (Fsp3) is 0.409. The van der Waals surface area contributed by atoms with Crippen LogP contribution in [0.15, 0.2) is 28.9 Å². The van der Waals surface area contributed by atoms with Crippen LogP contribution in [0.4, 0.5) is 5.69 Å². The summed E-state index contributed by atoms with van der Waals surface area (Å²) in [4.78, 5) is 13.6. The summed E-state index contributed by atoms with van der Waals surface area (Å²) in [5.41, 5.74) is 5.17. The van der Waals surface area contributed by atoms with Crippen molar-refractivity contribution in [2.75, 3.05) is 11.9 Å². The lowest BCUT2D eigenvalue weighted by Gasteiger charge is -2.14. The van der Waals surface area contributed by atoms with Gasteiger partial charge in [-0.1, -0.05) is 19.0 Å². The maximum Gasteiger partial charge on any atom is 0.223 e. The molecule has 0 aliphatic rings. The third-order valence-corrected chi connectivity index (χ3v) is 4.74. The molecule has 0 bridgehead atoms. The second-order valence-corrected chi connectivity index (χ2v) is 7.79. The first-order chi connectivity index (χ1) is 15.0. The Morgan fingerprint density at radius 2 is 2.06 bits per heavy atom. The molecular weight excluding hydrogens is 394 g/mol. The summed E-state index contributed by atoms with van der Waals surface area (Å²) in [6, 6.07) is 5.85. The van der Waals surface area contributed by atoms with Gasteiger partial charge in [0.1, 0.15) is 11.0 Å². The van der Waals surface area contributed by atoms with E-state index in [0.29, 0.717) is 36.7 Å². The van der Waals surface area contributed by atoms with Gasteiger partial charge in [0.25, 0.3) is 0 Å². The van der Waals surface area contributed by atoms with E-state index in [9.17, 15) is 0 Å². The molecule has 0 saturated heterocycles. The zero-order chi connectivity index (χ0) is 22.0. The Hall–Kier alpha value is -3.49. The van der Waals surface area contributed by atoms with Crippen molar-refractivity contribution in [2.24, 2.45) is 5.92 Å². The molecule has 0 saturated carbocycles. The van der Waals surface area contributed by atoms with Gasteiger partial charge in [-0.05, 0) is 38.0 Å². The normalized spacial score (nSPS) is 11.4. The van der Waals surface area contributed by atoms with Gasteiger partial charge in [-0.2, -0.15) is 10.1 Å². The maximum atomic E-state index is 5.74. The molecule has 0 aromatic carbocycles. The molecule has 0 unspecified atom stereocenters. The summed E-state index contributed by atoms with van der Waals surface area (Å²) in [6.45, 7) is 11.8. The van der Waals surface area contributed by atoms with Crippen molar-refractivity contribution >= 4 is 16.7 Å². The molecule has 162 valence electrons. The standard InChI is InChI=1S/C22H27N7O2/c1-6-30-22-16(8-7-9-23-22)17-10-18(24-11-19-25-15(5)31-28-19)21-20(26-17)14(4)27-29(21)12-13(2)3/h7-10,13H,6,11-12H2,1-5H3,(H,24,26). The fourth-order valence-corrected chi connectivity index (χ4v) is 3.51. The summed E-state index contributed by atoms with van der Waals surface area (Å²) in [7, 11) is 0. The van der Waals surface area contributed by atoms with Crippen LogP contribution in [0, 0.1) is 19.8 Å². The Kier molecular flexibility index (Phi) is 5.83. The predicted molar refractivity (Wildman–Crippen MR) is 118 cm³/mol. The first-order valence-electron chi connectivity index (χ1n) is 10.5. The van der Waals surface area contributed by atoms with Crippen LogP contribution in [0.25, 0.3) is 22.3 Å². The Balaban J connectivity index is 1.84. The van der Waals surface area contributed by atoms with E-state index in [1.807, 2.05) is 36.7 Å². The number of nitrogens with one attached hydrogen (secondary N) is 1. The van der Waals surface area contributed by atoms with Crippen LogP contribution in [0.2, 0.25) is 0 Å². The first-order valence-corrected chi connectivity index (χ1v) is 10.5. The van der Waals surface area contributed by atoms with Gasteiger partial charge < -0.3 is 14.6 Å². The highest BCUT2D eigenvalue weighted by molar-refractivity contribution is 5.93. The van der Waals surface area contributed by atoms with Gasteiger partial charge in [-0.15, -0.1) is 0 Å². The zero-order valence-electron chi connectivity index (χ0n) is 18.5. The summed E-state index contributed by atoms with van der Waals surface area (Å²) < 4.78 is 12.9. The van der Waals surface area contributed by atoms with E-state index < -0.39 is 0 Å². The molecule has 0 spiro atoms. The summed E-state index contributed by atoms with van der Waals surface area (Å²) in [5, 5.41) is 12.2. The van der Waals surface area contributed by atoms with Crippen molar-refractivity contribution in [2.45, 2.75) is 47.7 Å². The lowest BCUT2D eigenvalue weighted by molar-refractivity contribution is 0.328. The van der Waals surface area contributed by atoms with Crippen LogP contribution < -0.4 is 10.1 Å². The number of aromatic nitrogens is 6. The average molecular weight is 422 g/mol. The Labute approximate surface area is 180 Å². The fourth-order valence-electron chi connectivity index (χ4n) is 3.51. The summed E-state index contributed by atoms with van der Waals surface area (Å²) in [6.07, 6.45) is 1.72. The van der Waals surface area contributed by atoms with Crippen LogP contribution in [-0.4, -0.2) is 36.5 Å². The SMILES string of the molecule is CCOc1ncccc1-c1cc(NCc2noc(C)n2)c2c(n1)c(C)nn2CC(C)C. The molecule has 4 aromatic heterocycles. The van der Waals surface area contributed by atoms with E-state index in [2.05, 4.69) is 34.3 Å². The van der Waals surface area contributed by atoms with Gasteiger partial charge >= 0.3 is 0 Å². The van der Waals surface area contributed by atoms with Gasteiger partial charge in [0.05, 0.1) is 35.8 Å². The molecule has 4 rings (SSSR count). The van der Waals surface area contributed by atoms with Gasteiger partial charge in [0, 0.05) is 19.7 Å². The zero-order valence-corrected chi connectivity index (χ0v) is 18.5. The molecule has 0 aliphatic heterocycles. The minimum atomic E-state index is 0.424. The van der Waals surface area contributed by atoms with Crippen molar-refractivity contribution in [3.63, 3.8) is 0 Å². The van der Waals surface area contributed by atoms with Crippen LogP contribution in [-0.2, 0) is 13.1 Å². The Bertz CT molecular complexity index is 1200. The predicted octanol–water partition coefficient (Wildman–Crippen LogP) is 4.16. The molecule has 9 nitrogen and oxygen atoms in total. The third-order valence-electron chi connectivity index (χ3n) is 4.74. The second-order valence-electron chi connectivity index (χ2n) is 7.79. The van der Waals surface area contributed by atoms with Crippen LogP contribution in [0.5, 0.6) is 5.88 Å². The van der Waals surface area contributed by atoms with Crippen molar-refractivity contribution in [1.29, 1.82) is 0 Å². The first kappa shape index (κ1) is 20.8. The van der Waals surface area contributed by atoms with Crippen molar-refractivity contribution in [3.8, 4) is 17.1 Å². The minimum absolute atomic E-state index is 0.424. The lowest BCUT2D eigenvalue weighted by Crippen LogP contribution is -2.09. The molecule has 0 aliphatic carbocycles. The second kappa shape index (κ2) is 8.71. The van der Waals surface area contributed by atoms with Crippen LogP contribution in [0.1, 0.15) is 38.2 Å². The highest BCUT2D eigenvalue weighted by Gasteiger charge is 2.19. The molecule has 0 atom stereocenters. The maximum absolute atomic E-state index is 5.74. The molecule has 4 heterocycles. The van der Waals surface area contributed by atoms with E-state index in [1.54, 1.807) is 13.1 Å².